The molecule has 4 rings (SSSR count). The van der Waals surface area contributed by atoms with Gasteiger partial charge < -0.3 is 10.6 Å². The largest absolute Gasteiger partial charge is 0.369 e. The van der Waals surface area contributed by atoms with Crippen LogP contribution in [0.25, 0.3) is 11.1 Å². The van der Waals surface area contributed by atoms with Gasteiger partial charge >= 0.3 is 0 Å². The molecule has 158 valence electrons. The van der Waals surface area contributed by atoms with Gasteiger partial charge in [-0.25, -0.2) is 0 Å². The third-order valence-corrected chi connectivity index (χ3v) is 6.33. The quantitative estimate of drug-likeness (QED) is 0.631. The third-order valence-electron chi connectivity index (χ3n) is 6.33. The number of benzene rings is 3. The number of likely N-dealkylation sites (tertiary alicyclic amines) is 1. The molecule has 2 N–H and O–H groups in total. The minimum Gasteiger partial charge on any atom is -0.369 e. The van der Waals surface area contributed by atoms with Gasteiger partial charge in [0.2, 0.25) is 11.8 Å². The lowest BCUT2D eigenvalue weighted by Gasteiger charge is -2.27. The van der Waals surface area contributed by atoms with Gasteiger partial charge in [-0.15, -0.1) is 0 Å². The van der Waals surface area contributed by atoms with E-state index in [4.69, 9.17) is 5.73 Å². The first-order chi connectivity index (χ1) is 15.1. The zero-order chi connectivity index (χ0) is 21.7. The van der Waals surface area contributed by atoms with Gasteiger partial charge in [0.1, 0.15) is 0 Å². The molecule has 1 atom stereocenters. The lowest BCUT2D eigenvalue weighted by atomic mass is 9.78. The molecular weight excluding hydrogens is 384 g/mol. The Morgan fingerprint density at radius 1 is 0.871 bits per heavy atom. The highest BCUT2D eigenvalue weighted by Gasteiger charge is 2.44. The summed E-state index contributed by atoms with van der Waals surface area (Å²) in [6.45, 7) is 0.961. The van der Waals surface area contributed by atoms with Crippen molar-refractivity contribution >= 4 is 11.8 Å². The van der Waals surface area contributed by atoms with Gasteiger partial charge in [-0.2, -0.15) is 0 Å². The van der Waals surface area contributed by atoms with Crippen LogP contribution in [0.4, 0.5) is 0 Å². The molecule has 4 nitrogen and oxygen atoms in total. The summed E-state index contributed by atoms with van der Waals surface area (Å²) in [5.41, 5.74) is 9.65. The molecule has 0 radical (unpaired) electrons. The lowest BCUT2D eigenvalue weighted by Crippen LogP contribution is -2.42. The zero-order valence-electron chi connectivity index (χ0n) is 17.7. The van der Waals surface area contributed by atoms with Gasteiger partial charge in [-0.1, -0.05) is 84.9 Å². The van der Waals surface area contributed by atoms with Crippen molar-refractivity contribution in [1.82, 2.24) is 4.90 Å². The molecule has 2 amide bonds. The maximum atomic E-state index is 12.8. The molecule has 1 saturated heterocycles. The fourth-order valence-corrected chi connectivity index (χ4v) is 4.51. The van der Waals surface area contributed by atoms with Crippen molar-refractivity contribution in [2.24, 2.45) is 11.1 Å². The van der Waals surface area contributed by atoms with Crippen LogP contribution in [-0.4, -0.2) is 29.8 Å². The first-order valence-electron chi connectivity index (χ1n) is 10.8. The summed E-state index contributed by atoms with van der Waals surface area (Å²) in [6.07, 6.45) is 2.29. The Balaban J connectivity index is 1.50. The summed E-state index contributed by atoms with van der Waals surface area (Å²) in [5.74, 6) is -0.239. The predicted octanol–water partition coefficient (Wildman–Crippen LogP) is 4.23. The van der Waals surface area contributed by atoms with Crippen LogP contribution in [0.2, 0.25) is 0 Å². The maximum Gasteiger partial charge on any atom is 0.225 e. The topological polar surface area (TPSA) is 63.4 Å². The fraction of sp³-hybridized carbons (Fsp3) is 0.259. The molecule has 0 aliphatic carbocycles. The normalized spacial score (nSPS) is 18.1. The average molecular weight is 413 g/mol. The van der Waals surface area contributed by atoms with E-state index in [1.807, 2.05) is 65.6 Å². The van der Waals surface area contributed by atoms with Gasteiger partial charge in [0.25, 0.3) is 0 Å². The highest BCUT2D eigenvalue weighted by atomic mass is 16.2. The van der Waals surface area contributed by atoms with Gasteiger partial charge in [0.15, 0.2) is 0 Å². The van der Waals surface area contributed by atoms with Crippen molar-refractivity contribution in [2.75, 3.05) is 13.1 Å². The SMILES string of the molecule is NC(=O)[C@]1(Cc2ccccc2-c2ccccc2)CCN(C(=O)CCc2ccccc2)C1. The minimum absolute atomic E-state index is 0.0864. The number of carbonyl (C=O) groups is 2. The van der Waals surface area contributed by atoms with Crippen LogP contribution in [0.15, 0.2) is 84.9 Å². The molecule has 3 aromatic rings. The number of nitrogens with two attached hydrogens (primary N) is 1. The van der Waals surface area contributed by atoms with E-state index in [1.165, 1.54) is 0 Å². The Bertz CT molecular complexity index is 1050. The minimum atomic E-state index is -0.729. The van der Waals surface area contributed by atoms with Crippen molar-refractivity contribution in [3.8, 4) is 11.1 Å². The standard InChI is InChI=1S/C27H28N2O2/c28-26(31)27(19-23-13-7-8-14-24(23)22-11-5-2-6-12-22)17-18-29(20-27)25(30)16-15-21-9-3-1-4-10-21/h1-14H,15-20H2,(H2,28,31)/t27-/m0/s1. The summed E-state index contributed by atoms with van der Waals surface area (Å²) < 4.78 is 0. The van der Waals surface area contributed by atoms with Crippen LogP contribution >= 0.6 is 0 Å². The number of aryl methyl sites for hydroxylation is 1. The van der Waals surface area contributed by atoms with E-state index in [9.17, 15) is 9.59 Å². The van der Waals surface area contributed by atoms with Crippen LogP contribution in [0, 0.1) is 5.41 Å². The number of nitrogens with zero attached hydrogens (tertiary/aromatic N) is 1. The zero-order valence-corrected chi connectivity index (χ0v) is 17.7. The van der Waals surface area contributed by atoms with Gasteiger partial charge in [-0.05, 0) is 41.5 Å². The van der Waals surface area contributed by atoms with E-state index in [2.05, 4.69) is 24.3 Å². The molecule has 4 heteroatoms. The van der Waals surface area contributed by atoms with Crippen molar-refractivity contribution in [1.29, 1.82) is 0 Å². The van der Waals surface area contributed by atoms with Gasteiger partial charge in [0.05, 0.1) is 5.41 Å². The number of primary amides is 1. The van der Waals surface area contributed by atoms with Crippen molar-refractivity contribution in [3.63, 3.8) is 0 Å². The van der Waals surface area contributed by atoms with Gasteiger partial charge in [0, 0.05) is 19.5 Å². The molecule has 1 aliphatic heterocycles. The monoisotopic (exact) mass is 412 g/mol. The number of hydrogen-bond acceptors (Lipinski definition) is 2. The van der Waals surface area contributed by atoms with Crippen molar-refractivity contribution in [3.05, 3.63) is 96.1 Å². The van der Waals surface area contributed by atoms with E-state index >= 15 is 0 Å². The summed E-state index contributed by atoms with van der Waals surface area (Å²) in [6, 6.07) is 28.3. The van der Waals surface area contributed by atoms with Crippen LogP contribution < -0.4 is 5.73 Å². The highest BCUT2D eigenvalue weighted by Crippen LogP contribution is 2.37. The van der Waals surface area contributed by atoms with E-state index in [1.54, 1.807) is 0 Å². The van der Waals surface area contributed by atoms with Crippen molar-refractivity contribution < 1.29 is 9.59 Å². The smallest absolute Gasteiger partial charge is 0.225 e. The Kier molecular flexibility index (Phi) is 6.17. The molecule has 0 saturated carbocycles. The first-order valence-corrected chi connectivity index (χ1v) is 10.8. The van der Waals surface area contributed by atoms with Crippen LogP contribution in [0.5, 0.6) is 0 Å². The van der Waals surface area contributed by atoms with E-state index < -0.39 is 5.41 Å². The molecular formula is C27H28N2O2. The number of carbonyl (C=O) groups excluding carboxylic acids is 2. The first kappa shape index (κ1) is 20.9. The molecule has 0 aromatic heterocycles. The molecule has 0 unspecified atom stereocenters. The Morgan fingerprint density at radius 3 is 2.23 bits per heavy atom. The number of rotatable bonds is 7. The second-order valence-corrected chi connectivity index (χ2v) is 8.40. The van der Waals surface area contributed by atoms with E-state index in [-0.39, 0.29) is 11.8 Å². The Hall–Kier alpha value is -3.40. The molecule has 1 heterocycles. The van der Waals surface area contributed by atoms with E-state index in [0.29, 0.717) is 38.8 Å². The third kappa shape index (κ3) is 4.69. The molecule has 0 bridgehead atoms. The fourth-order valence-electron chi connectivity index (χ4n) is 4.51. The van der Waals surface area contributed by atoms with Crippen LogP contribution in [0.3, 0.4) is 0 Å². The maximum absolute atomic E-state index is 12.8. The Labute approximate surface area is 183 Å². The molecule has 31 heavy (non-hydrogen) atoms. The summed E-state index contributed by atoms with van der Waals surface area (Å²) in [5, 5.41) is 0. The molecule has 0 spiro atoms. The second-order valence-electron chi connectivity index (χ2n) is 8.40. The van der Waals surface area contributed by atoms with Crippen LogP contribution in [-0.2, 0) is 22.4 Å². The molecule has 3 aromatic carbocycles. The van der Waals surface area contributed by atoms with Gasteiger partial charge in [-0.3, -0.25) is 9.59 Å². The number of hydrogen-bond donors (Lipinski definition) is 1. The predicted molar refractivity (Wildman–Crippen MR) is 123 cm³/mol. The average Bonchev–Trinajstić information content (AvgIpc) is 3.25. The summed E-state index contributed by atoms with van der Waals surface area (Å²) in [4.78, 5) is 27.3. The summed E-state index contributed by atoms with van der Waals surface area (Å²) in [7, 11) is 0. The Morgan fingerprint density at radius 2 is 1.52 bits per heavy atom. The lowest BCUT2D eigenvalue weighted by molar-refractivity contribution is -0.132. The summed E-state index contributed by atoms with van der Waals surface area (Å²) >= 11 is 0. The molecule has 1 fully saturated rings. The highest BCUT2D eigenvalue weighted by molar-refractivity contribution is 5.85. The van der Waals surface area contributed by atoms with Crippen LogP contribution in [0.1, 0.15) is 24.0 Å². The van der Waals surface area contributed by atoms with Crippen molar-refractivity contribution in [2.45, 2.75) is 25.7 Å². The molecule has 1 aliphatic rings. The van der Waals surface area contributed by atoms with E-state index in [0.717, 1.165) is 22.3 Å². The second kappa shape index (κ2) is 9.17. The number of amides is 2.